The van der Waals surface area contributed by atoms with E-state index in [0.29, 0.717) is 12.6 Å². The molecule has 1 heterocycles. The summed E-state index contributed by atoms with van der Waals surface area (Å²) in [6.45, 7) is 4.90. The van der Waals surface area contributed by atoms with Crippen LogP contribution in [0.25, 0.3) is 11.0 Å². The van der Waals surface area contributed by atoms with Crippen LogP contribution >= 0.6 is 0 Å². The molecule has 0 bridgehead atoms. The molecule has 0 radical (unpaired) electrons. The molecule has 2 aromatic rings. The first-order valence-electron chi connectivity index (χ1n) is 8.60. The first-order chi connectivity index (χ1) is 11.4. The van der Waals surface area contributed by atoms with Gasteiger partial charge < -0.3 is 4.57 Å². The summed E-state index contributed by atoms with van der Waals surface area (Å²) in [5.74, 6) is 1.03. The maximum Gasteiger partial charge on any atom is 0.279 e. The number of unbranched alkanes of at least 4 members (excludes halogenated alkanes) is 1. The Labute approximate surface area is 144 Å². The van der Waals surface area contributed by atoms with E-state index in [1.54, 1.807) is 7.05 Å². The van der Waals surface area contributed by atoms with Crippen LogP contribution in [-0.4, -0.2) is 35.9 Å². The van der Waals surface area contributed by atoms with Crippen LogP contribution in [-0.2, 0) is 16.8 Å². The van der Waals surface area contributed by atoms with Gasteiger partial charge in [0.05, 0.1) is 11.0 Å². The lowest BCUT2D eigenvalue weighted by Crippen LogP contribution is -2.38. The molecule has 1 aliphatic carbocycles. The maximum absolute atomic E-state index is 12.2. The molecule has 0 spiro atoms. The van der Waals surface area contributed by atoms with Gasteiger partial charge in [-0.1, -0.05) is 19.4 Å². The fourth-order valence-corrected chi connectivity index (χ4v) is 3.89. The van der Waals surface area contributed by atoms with Gasteiger partial charge in [0, 0.05) is 26.2 Å². The molecule has 1 fully saturated rings. The van der Waals surface area contributed by atoms with Crippen LogP contribution in [0.3, 0.4) is 0 Å². The van der Waals surface area contributed by atoms with Crippen molar-refractivity contribution in [3.05, 3.63) is 29.6 Å². The number of imidazole rings is 1. The molecule has 1 aromatic heterocycles. The van der Waals surface area contributed by atoms with Gasteiger partial charge in [-0.05, 0) is 43.9 Å². The molecular weight excluding hydrogens is 324 g/mol. The Balaban J connectivity index is 1.72. The van der Waals surface area contributed by atoms with Crippen LogP contribution in [0.1, 0.15) is 50.0 Å². The Hall–Kier alpha value is -1.44. The van der Waals surface area contributed by atoms with E-state index in [0.717, 1.165) is 35.3 Å². The molecule has 0 atom stereocenters. The smallest absolute Gasteiger partial charge is 0.279 e. The number of hydrogen-bond acceptors (Lipinski definition) is 3. The van der Waals surface area contributed by atoms with Gasteiger partial charge in [0.25, 0.3) is 10.2 Å². The molecule has 1 aliphatic rings. The number of nitrogens with one attached hydrogen (secondary N) is 1. The number of aromatic nitrogens is 2. The second-order valence-corrected chi connectivity index (χ2v) is 8.45. The highest BCUT2D eigenvalue weighted by Gasteiger charge is 2.27. The Kier molecular flexibility index (Phi) is 4.94. The van der Waals surface area contributed by atoms with Gasteiger partial charge in [0.2, 0.25) is 0 Å². The van der Waals surface area contributed by atoms with Crippen LogP contribution in [0.2, 0.25) is 0 Å². The molecule has 0 saturated heterocycles. The summed E-state index contributed by atoms with van der Waals surface area (Å²) in [6, 6.07) is 6.61. The van der Waals surface area contributed by atoms with Crippen molar-refractivity contribution < 1.29 is 8.42 Å². The SMILES string of the molecule is CCCCN(C)S(=O)(=O)NCc1ccc2c(c1)nc(C)n2C1CC1. The van der Waals surface area contributed by atoms with Crippen molar-refractivity contribution in [3.63, 3.8) is 0 Å². The Bertz CT molecular complexity index is 824. The Morgan fingerprint density at radius 2 is 2.12 bits per heavy atom. The van der Waals surface area contributed by atoms with Crippen molar-refractivity contribution in [2.24, 2.45) is 0 Å². The standard InChI is InChI=1S/C17H26N4O2S/c1-4-5-10-20(3)24(22,23)18-12-14-6-9-17-16(11-14)19-13(2)21(17)15-7-8-15/h6,9,11,15,18H,4-5,7-8,10,12H2,1-3H3. The van der Waals surface area contributed by atoms with Crippen LogP contribution in [0.5, 0.6) is 0 Å². The third-order valence-electron chi connectivity index (χ3n) is 4.54. The van der Waals surface area contributed by atoms with Crippen LogP contribution < -0.4 is 4.72 Å². The number of fused-ring (bicyclic) bond motifs is 1. The molecule has 1 N–H and O–H groups in total. The van der Waals surface area contributed by atoms with Crippen LogP contribution in [0.15, 0.2) is 18.2 Å². The van der Waals surface area contributed by atoms with Gasteiger partial charge in [0.15, 0.2) is 0 Å². The number of aryl methyl sites for hydroxylation is 1. The third kappa shape index (κ3) is 3.63. The molecule has 24 heavy (non-hydrogen) atoms. The molecule has 0 aliphatic heterocycles. The summed E-state index contributed by atoms with van der Waals surface area (Å²) in [5, 5.41) is 0. The average Bonchev–Trinajstić information content (AvgIpc) is 3.32. The van der Waals surface area contributed by atoms with Gasteiger partial charge in [0.1, 0.15) is 5.82 Å². The predicted octanol–water partition coefficient (Wildman–Crippen LogP) is 2.75. The quantitative estimate of drug-likeness (QED) is 0.796. The Morgan fingerprint density at radius 3 is 2.79 bits per heavy atom. The van der Waals surface area contributed by atoms with E-state index in [-0.39, 0.29) is 6.54 Å². The largest absolute Gasteiger partial charge is 0.325 e. The zero-order valence-corrected chi connectivity index (χ0v) is 15.4. The minimum atomic E-state index is -3.43. The zero-order valence-electron chi connectivity index (χ0n) is 14.6. The minimum Gasteiger partial charge on any atom is -0.325 e. The van der Waals surface area contributed by atoms with Gasteiger partial charge in [-0.2, -0.15) is 17.4 Å². The second kappa shape index (κ2) is 6.82. The van der Waals surface area contributed by atoms with E-state index in [9.17, 15) is 8.42 Å². The van der Waals surface area contributed by atoms with Crippen molar-refractivity contribution in [2.75, 3.05) is 13.6 Å². The first-order valence-corrected chi connectivity index (χ1v) is 10.0. The van der Waals surface area contributed by atoms with Crippen molar-refractivity contribution in [1.82, 2.24) is 18.6 Å². The molecule has 3 rings (SSSR count). The van der Waals surface area contributed by atoms with Crippen LogP contribution in [0.4, 0.5) is 0 Å². The molecule has 1 aromatic carbocycles. The fraction of sp³-hybridized carbons (Fsp3) is 0.588. The van der Waals surface area contributed by atoms with E-state index >= 15 is 0 Å². The molecule has 0 amide bonds. The molecule has 1 saturated carbocycles. The summed E-state index contributed by atoms with van der Waals surface area (Å²) >= 11 is 0. The number of rotatable bonds is 8. The lowest BCUT2D eigenvalue weighted by atomic mass is 10.2. The Morgan fingerprint density at radius 1 is 1.38 bits per heavy atom. The summed E-state index contributed by atoms with van der Waals surface area (Å²) in [6.07, 6.45) is 4.27. The predicted molar refractivity (Wildman–Crippen MR) is 96.0 cm³/mol. The highest BCUT2D eigenvalue weighted by Crippen LogP contribution is 2.38. The van der Waals surface area contributed by atoms with Gasteiger partial charge in [-0.3, -0.25) is 0 Å². The van der Waals surface area contributed by atoms with Crippen molar-refractivity contribution >= 4 is 21.2 Å². The summed E-state index contributed by atoms with van der Waals surface area (Å²) < 4.78 is 30.8. The van der Waals surface area contributed by atoms with Gasteiger partial charge in [-0.15, -0.1) is 0 Å². The van der Waals surface area contributed by atoms with Crippen LogP contribution in [0, 0.1) is 6.92 Å². The van der Waals surface area contributed by atoms with Gasteiger partial charge in [-0.25, -0.2) is 4.98 Å². The lowest BCUT2D eigenvalue weighted by molar-refractivity contribution is 0.448. The number of nitrogens with zero attached hydrogens (tertiary/aromatic N) is 3. The summed E-state index contributed by atoms with van der Waals surface area (Å²) in [4.78, 5) is 4.63. The van der Waals surface area contributed by atoms with E-state index in [1.165, 1.54) is 17.1 Å². The lowest BCUT2D eigenvalue weighted by Gasteiger charge is -2.17. The van der Waals surface area contributed by atoms with Crippen molar-refractivity contribution in [1.29, 1.82) is 0 Å². The average molecular weight is 350 g/mol. The van der Waals surface area contributed by atoms with Gasteiger partial charge >= 0.3 is 0 Å². The topological polar surface area (TPSA) is 67.2 Å². The molecular formula is C17H26N4O2S. The maximum atomic E-state index is 12.2. The third-order valence-corrected chi connectivity index (χ3v) is 6.05. The van der Waals surface area contributed by atoms with E-state index in [2.05, 4.69) is 20.3 Å². The summed E-state index contributed by atoms with van der Waals surface area (Å²) in [5.41, 5.74) is 3.01. The van der Waals surface area contributed by atoms with Crippen molar-refractivity contribution in [2.45, 2.75) is 52.1 Å². The van der Waals surface area contributed by atoms with E-state index in [1.807, 2.05) is 26.0 Å². The highest BCUT2D eigenvalue weighted by molar-refractivity contribution is 7.87. The first kappa shape index (κ1) is 17.4. The molecule has 0 unspecified atom stereocenters. The normalized spacial score (nSPS) is 15.5. The number of hydrogen-bond donors (Lipinski definition) is 1. The minimum absolute atomic E-state index is 0.282. The van der Waals surface area contributed by atoms with E-state index < -0.39 is 10.2 Å². The monoisotopic (exact) mass is 350 g/mol. The molecule has 6 nitrogen and oxygen atoms in total. The van der Waals surface area contributed by atoms with E-state index in [4.69, 9.17) is 0 Å². The molecule has 7 heteroatoms. The fourth-order valence-electron chi connectivity index (χ4n) is 2.95. The zero-order chi connectivity index (χ0) is 17.3. The number of benzene rings is 1. The highest BCUT2D eigenvalue weighted by atomic mass is 32.2. The second-order valence-electron chi connectivity index (χ2n) is 6.58. The molecule has 132 valence electrons. The summed E-state index contributed by atoms with van der Waals surface area (Å²) in [7, 11) is -1.82. The van der Waals surface area contributed by atoms with Crippen molar-refractivity contribution in [3.8, 4) is 0 Å².